The van der Waals surface area contributed by atoms with E-state index in [1.807, 2.05) is 20.8 Å². The van der Waals surface area contributed by atoms with E-state index >= 15 is 0 Å². The average molecular weight is 464 g/mol. The molecule has 2 aromatic carbocycles. The highest BCUT2D eigenvalue weighted by Gasteiger charge is 2.26. The molecule has 0 aliphatic carbocycles. The van der Waals surface area contributed by atoms with E-state index in [-0.39, 0.29) is 24.0 Å². The molecule has 2 aromatic rings. The van der Waals surface area contributed by atoms with Crippen LogP contribution >= 0.6 is 0 Å². The minimum absolute atomic E-state index is 0.0710. The van der Waals surface area contributed by atoms with E-state index in [0.29, 0.717) is 18.1 Å². The first-order valence-electron chi connectivity index (χ1n) is 10.4. The smallest absolute Gasteiger partial charge is 0.389 e. The Hall–Kier alpha value is -3.29. The van der Waals surface area contributed by atoms with Crippen LogP contribution in [0.4, 0.5) is 13.2 Å². The molecule has 0 heterocycles. The highest BCUT2D eigenvalue weighted by atomic mass is 19.4. The molecule has 0 N–H and O–H groups in total. The van der Waals surface area contributed by atoms with Gasteiger partial charge in [-0.15, -0.1) is 0 Å². The fraction of sp³-hybridized carbons (Fsp3) is 0.360. The van der Waals surface area contributed by atoms with Crippen molar-refractivity contribution in [2.45, 2.75) is 39.8 Å². The lowest BCUT2D eigenvalue weighted by atomic mass is 9.99. The molecule has 0 unspecified atom stereocenters. The Morgan fingerprint density at radius 3 is 2.09 bits per heavy atom. The second-order valence-corrected chi connectivity index (χ2v) is 8.55. The van der Waals surface area contributed by atoms with E-state index < -0.39 is 24.5 Å². The molecule has 0 amide bonds. The summed E-state index contributed by atoms with van der Waals surface area (Å²) in [6, 6.07) is 12.5. The molecule has 2 rings (SSSR count). The SMILES string of the molecule is CC(C)(C)COC(=O)C=Cc1ccc(OC(=O)c2ccc(OCCCC(F)(F)F)cc2)cc1. The van der Waals surface area contributed by atoms with Gasteiger partial charge in [-0.25, -0.2) is 9.59 Å². The van der Waals surface area contributed by atoms with Crippen molar-refractivity contribution in [2.75, 3.05) is 13.2 Å². The molecule has 0 aliphatic rings. The number of carbonyl (C=O) groups excluding carboxylic acids is 2. The van der Waals surface area contributed by atoms with Gasteiger partial charge in [-0.05, 0) is 59.9 Å². The van der Waals surface area contributed by atoms with E-state index in [4.69, 9.17) is 14.2 Å². The largest absolute Gasteiger partial charge is 0.494 e. The summed E-state index contributed by atoms with van der Waals surface area (Å²) in [6.07, 6.45) is -2.32. The normalized spacial score (nSPS) is 11.9. The van der Waals surface area contributed by atoms with Gasteiger partial charge in [0.1, 0.15) is 11.5 Å². The zero-order valence-corrected chi connectivity index (χ0v) is 18.8. The highest BCUT2D eigenvalue weighted by molar-refractivity contribution is 5.91. The zero-order valence-electron chi connectivity index (χ0n) is 18.8. The van der Waals surface area contributed by atoms with Gasteiger partial charge in [0, 0.05) is 12.5 Å². The molecule has 0 saturated carbocycles. The molecular formula is C25H27F3O5. The molecule has 33 heavy (non-hydrogen) atoms. The molecule has 0 saturated heterocycles. The van der Waals surface area contributed by atoms with E-state index in [1.54, 1.807) is 30.3 Å². The van der Waals surface area contributed by atoms with Crippen molar-refractivity contribution >= 4 is 18.0 Å². The van der Waals surface area contributed by atoms with E-state index in [9.17, 15) is 22.8 Å². The number of alkyl halides is 3. The van der Waals surface area contributed by atoms with Crippen LogP contribution in [0.3, 0.4) is 0 Å². The predicted molar refractivity (Wildman–Crippen MR) is 118 cm³/mol. The third-order valence-corrected chi connectivity index (χ3v) is 4.11. The summed E-state index contributed by atoms with van der Waals surface area (Å²) < 4.78 is 52.1. The quantitative estimate of drug-likeness (QED) is 0.191. The Balaban J connectivity index is 1.82. The summed E-state index contributed by atoms with van der Waals surface area (Å²) in [5.41, 5.74) is 0.886. The van der Waals surface area contributed by atoms with Gasteiger partial charge in [0.25, 0.3) is 0 Å². The van der Waals surface area contributed by atoms with Gasteiger partial charge in [-0.1, -0.05) is 32.9 Å². The maximum Gasteiger partial charge on any atom is 0.389 e. The van der Waals surface area contributed by atoms with Gasteiger partial charge in [0.05, 0.1) is 18.8 Å². The molecule has 0 spiro atoms. The van der Waals surface area contributed by atoms with Crippen molar-refractivity contribution in [2.24, 2.45) is 5.41 Å². The number of rotatable bonds is 9. The van der Waals surface area contributed by atoms with Crippen LogP contribution in [-0.4, -0.2) is 31.3 Å². The molecule has 5 nitrogen and oxygen atoms in total. The zero-order chi connectivity index (χ0) is 24.5. The maximum absolute atomic E-state index is 12.3. The van der Waals surface area contributed by atoms with Crippen molar-refractivity contribution < 1.29 is 37.0 Å². The Labute approximate surface area is 191 Å². The monoisotopic (exact) mass is 464 g/mol. The number of benzene rings is 2. The Morgan fingerprint density at radius 1 is 0.909 bits per heavy atom. The topological polar surface area (TPSA) is 61.8 Å². The van der Waals surface area contributed by atoms with Crippen LogP contribution in [-0.2, 0) is 9.53 Å². The van der Waals surface area contributed by atoms with E-state index in [1.165, 1.54) is 30.3 Å². The van der Waals surface area contributed by atoms with Crippen molar-refractivity contribution in [3.8, 4) is 11.5 Å². The first kappa shape index (κ1) is 26.0. The summed E-state index contributed by atoms with van der Waals surface area (Å²) >= 11 is 0. The Kier molecular flexibility index (Phi) is 9.08. The lowest BCUT2D eigenvalue weighted by Gasteiger charge is -2.16. The van der Waals surface area contributed by atoms with Crippen molar-refractivity contribution in [3.05, 3.63) is 65.7 Å². The Bertz CT molecular complexity index is 940. The molecule has 0 aliphatic heterocycles. The standard InChI is InChI=1S/C25H27F3O5/c1-24(2,3)17-32-22(29)14-7-18-5-10-21(11-6-18)33-23(30)19-8-12-20(13-9-19)31-16-4-15-25(26,27)28/h5-14H,4,15-17H2,1-3H3. The number of esters is 2. The first-order valence-corrected chi connectivity index (χ1v) is 10.4. The first-order chi connectivity index (χ1) is 15.4. The van der Waals surface area contributed by atoms with E-state index in [2.05, 4.69) is 0 Å². The lowest BCUT2D eigenvalue weighted by Crippen LogP contribution is -2.17. The minimum atomic E-state index is -4.20. The summed E-state index contributed by atoms with van der Waals surface area (Å²) in [7, 11) is 0. The minimum Gasteiger partial charge on any atom is -0.494 e. The summed E-state index contributed by atoms with van der Waals surface area (Å²) in [5.74, 6) is -0.341. The molecule has 0 bridgehead atoms. The van der Waals surface area contributed by atoms with Crippen LogP contribution in [0.2, 0.25) is 0 Å². The lowest BCUT2D eigenvalue weighted by molar-refractivity contribution is -0.140. The van der Waals surface area contributed by atoms with Crippen LogP contribution < -0.4 is 9.47 Å². The summed E-state index contributed by atoms with van der Waals surface area (Å²) in [4.78, 5) is 24.0. The molecule has 0 aromatic heterocycles. The second-order valence-electron chi connectivity index (χ2n) is 8.55. The third-order valence-electron chi connectivity index (χ3n) is 4.11. The average Bonchev–Trinajstić information content (AvgIpc) is 2.74. The predicted octanol–water partition coefficient (Wildman–Crippen LogP) is 6.23. The number of ether oxygens (including phenoxy) is 3. The van der Waals surface area contributed by atoms with Gasteiger partial charge in [0.15, 0.2) is 0 Å². The fourth-order valence-corrected chi connectivity index (χ4v) is 2.46. The summed E-state index contributed by atoms with van der Waals surface area (Å²) in [6.45, 7) is 6.15. The van der Waals surface area contributed by atoms with Crippen LogP contribution in [0.1, 0.15) is 49.5 Å². The van der Waals surface area contributed by atoms with Gasteiger partial charge in [-0.2, -0.15) is 13.2 Å². The molecule has 178 valence electrons. The van der Waals surface area contributed by atoms with Crippen molar-refractivity contribution in [3.63, 3.8) is 0 Å². The number of hydrogen-bond acceptors (Lipinski definition) is 5. The van der Waals surface area contributed by atoms with Gasteiger partial charge >= 0.3 is 18.1 Å². The van der Waals surface area contributed by atoms with Crippen molar-refractivity contribution in [1.82, 2.24) is 0 Å². The fourth-order valence-electron chi connectivity index (χ4n) is 2.46. The van der Waals surface area contributed by atoms with Crippen LogP contribution in [0.5, 0.6) is 11.5 Å². The molecule has 0 atom stereocenters. The third kappa shape index (κ3) is 10.7. The van der Waals surface area contributed by atoms with Crippen LogP contribution in [0.15, 0.2) is 54.6 Å². The van der Waals surface area contributed by atoms with Gasteiger partial charge < -0.3 is 14.2 Å². The highest BCUT2D eigenvalue weighted by Crippen LogP contribution is 2.22. The number of hydrogen-bond donors (Lipinski definition) is 0. The van der Waals surface area contributed by atoms with Crippen LogP contribution in [0.25, 0.3) is 6.08 Å². The van der Waals surface area contributed by atoms with Crippen LogP contribution in [0, 0.1) is 5.41 Å². The van der Waals surface area contributed by atoms with Gasteiger partial charge in [-0.3, -0.25) is 0 Å². The molecule has 8 heteroatoms. The molecular weight excluding hydrogens is 437 g/mol. The number of halogens is 3. The van der Waals surface area contributed by atoms with Gasteiger partial charge in [0.2, 0.25) is 0 Å². The summed E-state index contributed by atoms with van der Waals surface area (Å²) in [5, 5.41) is 0. The number of carbonyl (C=O) groups is 2. The Morgan fingerprint density at radius 2 is 1.52 bits per heavy atom. The second kappa shape index (κ2) is 11.5. The van der Waals surface area contributed by atoms with Crippen molar-refractivity contribution in [1.29, 1.82) is 0 Å². The molecule has 0 fully saturated rings. The maximum atomic E-state index is 12.3. The molecule has 0 radical (unpaired) electrons. The van der Waals surface area contributed by atoms with E-state index in [0.717, 1.165) is 5.56 Å².